The minimum atomic E-state index is 0.380. The average molecular weight is 418 g/mol. The number of aromatic nitrogens is 6. The van der Waals surface area contributed by atoms with Gasteiger partial charge in [0.15, 0.2) is 0 Å². The van der Waals surface area contributed by atoms with Crippen molar-refractivity contribution in [1.82, 2.24) is 29.9 Å². The quantitative estimate of drug-likeness (QED) is 0.308. The Morgan fingerprint density at radius 2 is 1.87 bits per heavy atom. The summed E-state index contributed by atoms with van der Waals surface area (Å²) in [5.74, 6) is 1.13. The summed E-state index contributed by atoms with van der Waals surface area (Å²) >= 11 is 5.85. The van der Waals surface area contributed by atoms with Gasteiger partial charge in [0.25, 0.3) is 0 Å². The first-order valence-electron chi connectivity index (χ1n) is 9.04. The predicted octanol–water partition coefficient (Wildman–Crippen LogP) is 3.37. The first-order valence-corrected chi connectivity index (χ1v) is 9.42. The Labute approximate surface area is 177 Å². The normalized spacial score (nSPS) is 10.4. The molecule has 0 saturated carbocycles. The minimum Gasteiger partial charge on any atom is -0.368 e. The van der Waals surface area contributed by atoms with Gasteiger partial charge in [0.1, 0.15) is 17.3 Å². The molecule has 4 rings (SSSR count). The molecule has 10 heteroatoms. The van der Waals surface area contributed by atoms with Crippen LogP contribution in [0.15, 0.2) is 55.4 Å². The summed E-state index contributed by atoms with van der Waals surface area (Å²) in [5.41, 5.74) is 3.82. The van der Waals surface area contributed by atoms with Crippen molar-refractivity contribution in [3.05, 3.63) is 66.1 Å². The Hall–Kier alpha value is -4.03. The number of benzene rings is 1. The summed E-state index contributed by atoms with van der Waals surface area (Å²) in [5, 5.41) is 15.8. The van der Waals surface area contributed by atoms with Crippen molar-refractivity contribution >= 4 is 23.4 Å². The second-order valence-corrected chi connectivity index (χ2v) is 6.58. The van der Waals surface area contributed by atoms with E-state index < -0.39 is 0 Å². The lowest BCUT2D eigenvalue weighted by Gasteiger charge is -2.11. The molecule has 4 aromatic rings. The van der Waals surface area contributed by atoms with Crippen LogP contribution in [0.4, 0.5) is 11.8 Å². The summed E-state index contributed by atoms with van der Waals surface area (Å²) < 4.78 is 0. The third-order valence-electron chi connectivity index (χ3n) is 4.21. The highest BCUT2D eigenvalue weighted by molar-refractivity contribution is 6.29. The van der Waals surface area contributed by atoms with E-state index >= 15 is 0 Å². The van der Waals surface area contributed by atoms with Gasteiger partial charge >= 0.3 is 0 Å². The van der Waals surface area contributed by atoms with Gasteiger partial charge < -0.3 is 15.6 Å². The van der Waals surface area contributed by atoms with E-state index in [1.54, 1.807) is 36.9 Å². The van der Waals surface area contributed by atoms with Crippen LogP contribution in [0.1, 0.15) is 5.56 Å². The molecule has 3 aromatic heterocycles. The topological polar surface area (TPSA) is 128 Å². The zero-order valence-electron chi connectivity index (χ0n) is 15.7. The number of nitriles is 1. The Bertz CT molecular complexity index is 1170. The fraction of sp³-hybridized carbons (Fsp3) is 0.100. The standard InChI is InChI=1S/C20H16ClN9/c21-17-7-18(29-12-28-17)24-5-6-25-20-26-9-15(16-10-23-11-27-16)19(30-20)14-3-1-13(8-22)2-4-14/h1-4,7,9-12H,5-6H2,(H,23,27)(H,24,28,29)(H,25,26,30). The summed E-state index contributed by atoms with van der Waals surface area (Å²) in [6, 6.07) is 11.0. The summed E-state index contributed by atoms with van der Waals surface area (Å²) in [6.07, 6.45) is 6.47. The molecule has 9 nitrogen and oxygen atoms in total. The Morgan fingerprint density at radius 1 is 1.03 bits per heavy atom. The number of nitrogens with zero attached hydrogens (tertiary/aromatic N) is 6. The largest absolute Gasteiger partial charge is 0.368 e. The van der Waals surface area contributed by atoms with Crippen LogP contribution in [0.25, 0.3) is 22.5 Å². The highest BCUT2D eigenvalue weighted by atomic mass is 35.5. The van der Waals surface area contributed by atoms with Crippen LogP contribution in [0.2, 0.25) is 5.15 Å². The predicted molar refractivity (Wildman–Crippen MR) is 114 cm³/mol. The lowest BCUT2D eigenvalue weighted by atomic mass is 10.0. The van der Waals surface area contributed by atoms with Crippen LogP contribution >= 0.6 is 11.6 Å². The van der Waals surface area contributed by atoms with E-state index in [0.29, 0.717) is 35.6 Å². The fourth-order valence-electron chi connectivity index (χ4n) is 2.79. The van der Waals surface area contributed by atoms with Crippen LogP contribution in [-0.4, -0.2) is 43.0 Å². The van der Waals surface area contributed by atoms with Crippen molar-refractivity contribution in [3.63, 3.8) is 0 Å². The minimum absolute atomic E-state index is 0.380. The molecule has 1 aromatic carbocycles. The van der Waals surface area contributed by atoms with Gasteiger partial charge in [-0.05, 0) is 12.1 Å². The van der Waals surface area contributed by atoms with Crippen LogP contribution in [-0.2, 0) is 0 Å². The van der Waals surface area contributed by atoms with E-state index in [9.17, 15) is 0 Å². The lowest BCUT2D eigenvalue weighted by molar-refractivity contribution is 1.01. The molecule has 0 aliphatic rings. The Balaban J connectivity index is 1.52. The zero-order valence-corrected chi connectivity index (χ0v) is 16.4. The van der Waals surface area contributed by atoms with Crippen LogP contribution < -0.4 is 10.6 Å². The van der Waals surface area contributed by atoms with Crippen LogP contribution in [0, 0.1) is 11.3 Å². The molecule has 0 amide bonds. The lowest BCUT2D eigenvalue weighted by Crippen LogP contribution is -2.16. The second-order valence-electron chi connectivity index (χ2n) is 6.19. The number of rotatable bonds is 7. The number of aromatic amines is 1. The summed E-state index contributed by atoms with van der Waals surface area (Å²) in [4.78, 5) is 24.2. The molecule has 3 N–H and O–H groups in total. The SMILES string of the molecule is N#Cc1ccc(-c2nc(NCCNc3cc(Cl)ncn3)ncc2-c2cnc[nH]2)cc1. The number of hydrogen-bond acceptors (Lipinski definition) is 8. The molecule has 3 heterocycles. The van der Waals surface area contributed by atoms with Gasteiger partial charge in [-0.2, -0.15) is 5.26 Å². The van der Waals surface area contributed by atoms with Gasteiger partial charge in [0.2, 0.25) is 5.95 Å². The van der Waals surface area contributed by atoms with Gasteiger partial charge in [-0.1, -0.05) is 23.7 Å². The molecule has 0 aliphatic heterocycles. The Morgan fingerprint density at radius 3 is 2.60 bits per heavy atom. The van der Waals surface area contributed by atoms with Crippen molar-refractivity contribution in [2.45, 2.75) is 0 Å². The van der Waals surface area contributed by atoms with E-state index in [1.165, 1.54) is 6.33 Å². The molecule has 0 unspecified atom stereocenters. The van der Waals surface area contributed by atoms with E-state index in [1.807, 2.05) is 12.1 Å². The molecule has 0 atom stereocenters. The maximum absolute atomic E-state index is 9.05. The van der Waals surface area contributed by atoms with Gasteiger partial charge in [-0.25, -0.2) is 24.9 Å². The fourth-order valence-corrected chi connectivity index (χ4v) is 2.93. The maximum atomic E-state index is 9.05. The van der Waals surface area contributed by atoms with E-state index in [0.717, 1.165) is 22.5 Å². The number of H-pyrrole nitrogens is 1. The van der Waals surface area contributed by atoms with Crippen molar-refractivity contribution in [3.8, 4) is 28.6 Å². The molecular formula is C20H16ClN9. The monoisotopic (exact) mass is 417 g/mol. The van der Waals surface area contributed by atoms with Gasteiger partial charge in [-0.3, -0.25) is 0 Å². The third-order valence-corrected chi connectivity index (χ3v) is 4.42. The summed E-state index contributed by atoms with van der Waals surface area (Å²) in [7, 11) is 0. The summed E-state index contributed by atoms with van der Waals surface area (Å²) in [6.45, 7) is 1.16. The first kappa shape index (κ1) is 19.3. The van der Waals surface area contributed by atoms with Gasteiger partial charge in [0.05, 0.1) is 35.5 Å². The van der Waals surface area contributed by atoms with E-state index in [-0.39, 0.29) is 0 Å². The molecule has 148 valence electrons. The van der Waals surface area contributed by atoms with Gasteiger partial charge in [0, 0.05) is 36.5 Å². The van der Waals surface area contributed by atoms with Crippen molar-refractivity contribution in [1.29, 1.82) is 5.26 Å². The van der Waals surface area contributed by atoms with Crippen molar-refractivity contribution in [2.75, 3.05) is 23.7 Å². The molecule has 0 aliphatic carbocycles. The maximum Gasteiger partial charge on any atom is 0.223 e. The molecule has 0 spiro atoms. The highest BCUT2D eigenvalue weighted by Gasteiger charge is 2.13. The first-order chi connectivity index (χ1) is 14.7. The molecule has 0 saturated heterocycles. The molecule has 0 fully saturated rings. The second kappa shape index (κ2) is 8.98. The molecule has 0 radical (unpaired) electrons. The zero-order chi connectivity index (χ0) is 20.8. The number of imidazole rings is 1. The number of hydrogen-bond donors (Lipinski definition) is 3. The molecular weight excluding hydrogens is 402 g/mol. The van der Waals surface area contributed by atoms with Crippen LogP contribution in [0.3, 0.4) is 0 Å². The van der Waals surface area contributed by atoms with E-state index in [4.69, 9.17) is 16.9 Å². The number of nitrogens with one attached hydrogen (secondary N) is 3. The van der Waals surface area contributed by atoms with Crippen molar-refractivity contribution in [2.24, 2.45) is 0 Å². The average Bonchev–Trinajstić information content (AvgIpc) is 3.31. The smallest absolute Gasteiger partial charge is 0.223 e. The number of halogens is 1. The number of anilines is 2. The molecule has 30 heavy (non-hydrogen) atoms. The third kappa shape index (κ3) is 4.51. The van der Waals surface area contributed by atoms with Crippen LogP contribution in [0.5, 0.6) is 0 Å². The highest BCUT2D eigenvalue weighted by Crippen LogP contribution is 2.29. The molecule has 0 bridgehead atoms. The van der Waals surface area contributed by atoms with Crippen molar-refractivity contribution < 1.29 is 0 Å². The Kier molecular flexibility index (Phi) is 5.78. The van der Waals surface area contributed by atoms with Gasteiger partial charge in [-0.15, -0.1) is 0 Å². The van der Waals surface area contributed by atoms with E-state index in [2.05, 4.69) is 46.6 Å².